The monoisotopic (exact) mass is 239 g/mol. The van der Waals surface area contributed by atoms with Gasteiger partial charge in [-0.15, -0.1) is 0 Å². The quantitative estimate of drug-likeness (QED) is 0.793. The zero-order valence-corrected chi connectivity index (χ0v) is 11.4. The van der Waals surface area contributed by atoms with E-state index in [0.29, 0.717) is 6.10 Å². The van der Waals surface area contributed by atoms with Crippen LogP contribution in [0.25, 0.3) is 0 Å². The molecule has 2 unspecified atom stereocenters. The summed E-state index contributed by atoms with van der Waals surface area (Å²) in [6.45, 7) is 4.42. The first-order valence-corrected chi connectivity index (χ1v) is 7.73. The summed E-state index contributed by atoms with van der Waals surface area (Å²) in [5.41, 5.74) is 0. The van der Waals surface area contributed by atoms with Gasteiger partial charge in [0.2, 0.25) is 0 Å². The van der Waals surface area contributed by atoms with Crippen LogP contribution in [0, 0.1) is 5.92 Å². The summed E-state index contributed by atoms with van der Waals surface area (Å²) in [4.78, 5) is 0. The Bertz CT molecular complexity index is 201. The maximum atomic E-state index is 5.71. The van der Waals surface area contributed by atoms with Crippen LogP contribution in [0.2, 0.25) is 0 Å². The number of ether oxygens (including phenoxy) is 1. The molecule has 0 amide bonds. The Kier molecular flexibility index (Phi) is 5.79. The van der Waals surface area contributed by atoms with E-state index in [1.54, 1.807) is 0 Å². The summed E-state index contributed by atoms with van der Waals surface area (Å²) in [5, 5.41) is 3.75. The predicted molar refractivity (Wildman–Crippen MR) is 72.2 cm³/mol. The third kappa shape index (κ3) is 4.59. The Morgan fingerprint density at radius 3 is 2.71 bits per heavy atom. The second-order valence-electron chi connectivity index (χ2n) is 5.87. The maximum absolute atomic E-state index is 5.71. The van der Waals surface area contributed by atoms with Crippen molar-refractivity contribution in [3.05, 3.63) is 0 Å². The van der Waals surface area contributed by atoms with Gasteiger partial charge in [0.1, 0.15) is 0 Å². The van der Waals surface area contributed by atoms with Crippen LogP contribution in [-0.2, 0) is 4.74 Å². The van der Waals surface area contributed by atoms with E-state index in [4.69, 9.17) is 4.74 Å². The van der Waals surface area contributed by atoms with Gasteiger partial charge in [0, 0.05) is 12.6 Å². The minimum Gasteiger partial charge on any atom is -0.378 e. The molecule has 0 radical (unpaired) electrons. The van der Waals surface area contributed by atoms with Crippen LogP contribution in [0.3, 0.4) is 0 Å². The summed E-state index contributed by atoms with van der Waals surface area (Å²) >= 11 is 0. The zero-order valence-electron chi connectivity index (χ0n) is 11.4. The Labute approximate surface area is 107 Å². The van der Waals surface area contributed by atoms with Gasteiger partial charge in [0.15, 0.2) is 0 Å². The second-order valence-corrected chi connectivity index (χ2v) is 5.87. The van der Waals surface area contributed by atoms with Crippen molar-refractivity contribution in [1.29, 1.82) is 0 Å². The second kappa shape index (κ2) is 7.38. The molecule has 2 fully saturated rings. The first-order valence-electron chi connectivity index (χ1n) is 7.73. The van der Waals surface area contributed by atoms with Crippen LogP contribution in [0.4, 0.5) is 0 Å². The molecule has 1 saturated heterocycles. The number of rotatable bonds is 5. The highest BCUT2D eigenvalue weighted by molar-refractivity contribution is 4.77. The molecule has 2 rings (SSSR count). The van der Waals surface area contributed by atoms with Crippen molar-refractivity contribution in [3.8, 4) is 0 Å². The summed E-state index contributed by atoms with van der Waals surface area (Å²) in [6.07, 6.45) is 12.9. The molecular formula is C15H29NO. The third-order valence-electron chi connectivity index (χ3n) is 4.53. The molecule has 17 heavy (non-hydrogen) atoms. The average molecular weight is 239 g/mol. The van der Waals surface area contributed by atoms with Crippen molar-refractivity contribution < 1.29 is 4.74 Å². The van der Waals surface area contributed by atoms with Crippen molar-refractivity contribution in [3.63, 3.8) is 0 Å². The molecular weight excluding hydrogens is 210 g/mol. The summed E-state index contributed by atoms with van der Waals surface area (Å²) in [7, 11) is 0. The molecule has 1 heterocycles. The van der Waals surface area contributed by atoms with Gasteiger partial charge in [0.05, 0.1) is 6.10 Å². The Morgan fingerprint density at radius 1 is 1.12 bits per heavy atom. The van der Waals surface area contributed by atoms with Gasteiger partial charge in [-0.3, -0.25) is 0 Å². The van der Waals surface area contributed by atoms with Crippen LogP contribution >= 0.6 is 0 Å². The molecule has 0 aromatic rings. The molecule has 0 spiro atoms. The molecule has 100 valence electrons. The molecule has 2 aliphatic rings. The van der Waals surface area contributed by atoms with Crippen molar-refractivity contribution in [2.75, 3.05) is 13.2 Å². The van der Waals surface area contributed by atoms with Gasteiger partial charge < -0.3 is 10.1 Å². The lowest BCUT2D eigenvalue weighted by atomic mass is 9.87. The van der Waals surface area contributed by atoms with Crippen molar-refractivity contribution in [2.24, 2.45) is 5.92 Å². The van der Waals surface area contributed by atoms with Gasteiger partial charge in [-0.05, 0) is 38.1 Å². The number of nitrogens with one attached hydrogen (secondary N) is 1. The molecule has 2 nitrogen and oxygen atoms in total. The standard InChI is InChI=1S/C15H29NO/c1-2-15-12-14(9-11-17-15)16-10-8-13-6-4-3-5-7-13/h13-16H,2-12H2,1H3. The van der Waals surface area contributed by atoms with Gasteiger partial charge in [0.25, 0.3) is 0 Å². The van der Waals surface area contributed by atoms with Gasteiger partial charge >= 0.3 is 0 Å². The predicted octanol–water partition coefficient (Wildman–Crippen LogP) is 3.50. The number of hydrogen-bond donors (Lipinski definition) is 1. The Balaban J connectivity index is 1.57. The van der Waals surface area contributed by atoms with E-state index < -0.39 is 0 Å². The molecule has 1 aliphatic carbocycles. The first-order chi connectivity index (χ1) is 8.38. The van der Waals surface area contributed by atoms with E-state index >= 15 is 0 Å². The first kappa shape index (κ1) is 13.4. The normalized spacial score (nSPS) is 31.6. The molecule has 2 atom stereocenters. The van der Waals surface area contributed by atoms with Crippen molar-refractivity contribution >= 4 is 0 Å². The van der Waals surface area contributed by atoms with E-state index in [1.807, 2.05) is 0 Å². The fourth-order valence-electron chi connectivity index (χ4n) is 3.32. The minimum atomic E-state index is 0.510. The smallest absolute Gasteiger partial charge is 0.0587 e. The highest BCUT2D eigenvalue weighted by Gasteiger charge is 2.21. The topological polar surface area (TPSA) is 21.3 Å². The van der Waals surface area contributed by atoms with E-state index in [0.717, 1.165) is 18.6 Å². The van der Waals surface area contributed by atoms with E-state index in [2.05, 4.69) is 12.2 Å². The molecule has 1 saturated carbocycles. The minimum absolute atomic E-state index is 0.510. The largest absolute Gasteiger partial charge is 0.378 e. The van der Waals surface area contributed by atoms with Crippen LogP contribution < -0.4 is 5.32 Å². The Morgan fingerprint density at radius 2 is 1.94 bits per heavy atom. The lowest BCUT2D eigenvalue weighted by Crippen LogP contribution is -2.39. The van der Waals surface area contributed by atoms with E-state index in [1.165, 1.54) is 64.3 Å². The maximum Gasteiger partial charge on any atom is 0.0587 e. The van der Waals surface area contributed by atoms with Crippen molar-refractivity contribution in [1.82, 2.24) is 5.32 Å². The summed E-state index contributed by atoms with van der Waals surface area (Å²) in [5.74, 6) is 1.01. The molecule has 0 aromatic heterocycles. The molecule has 0 aromatic carbocycles. The SMILES string of the molecule is CCC1CC(NCCC2CCCCC2)CCO1. The van der Waals surface area contributed by atoms with Crippen molar-refractivity contribution in [2.45, 2.75) is 76.9 Å². The highest BCUT2D eigenvalue weighted by atomic mass is 16.5. The lowest BCUT2D eigenvalue weighted by Gasteiger charge is -2.30. The van der Waals surface area contributed by atoms with Gasteiger partial charge in [-0.25, -0.2) is 0 Å². The highest BCUT2D eigenvalue weighted by Crippen LogP contribution is 2.26. The van der Waals surface area contributed by atoms with Gasteiger partial charge in [-0.2, -0.15) is 0 Å². The van der Waals surface area contributed by atoms with E-state index in [-0.39, 0.29) is 0 Å². The third-order valence-corrected chi connectivity index (χ3v) is 4.53. The van der Waals surface area contributed by atoms with Crippen LogP contribution in [-0.4, -0.2) is 25.3 Å². The Hall–Kier alpha value is -0.0800. The molecule has 0 bridgehead atoms. The number of hydrogen-bond acceptors (Lipinski definition) is 2. The molecule has 1 aliphatic heterocycles. The summed E-state index contributed by atoms with van der Waals surface area (Å²) < 4.78 is 5.71. The van der Waals surface area contributed by atoms with Gasteiger partial charge in [-0.1, -0.05) is 39.0 Å². The lowest BCUT2D eigenvalue weighted by molar-refractivity contribution is -0.000202. The molecule has 1 N–H and O–H groups in total. The fraction of sp³-hybridized carbons (Fsp3) is 1.00. The van der Waals surface area contributed by atoms with E-state index in [9.17, 15) is 0 Å². The zero-order chi connectivity index (χ0) is 11.9. The van der Waals surface area contributed by atoms with Crippen LogP contribution in [0.15, 0.2) is 0 Å². The summed E-state index contributed by atoms with van der Waals surface area (Å²) in [6, 6.07) is 0.720. The fourth-order valence-corrected chi connectivity index (χ4v) is 3.32. The average Bonchev–Trinajstić information content (AvgIpc) is 2.40. The molecule has 2 heteroatoms. The van der Waals surface area contributed by atoms with Crippen LogP contribution in [0.5, 0.6) is 0 Å². The van der Waals surface area contributed by atoms with Crippen LogP contribution in [0.1, 0.15) is 64.7 Å².